The van der Waals surface area contributed by atoms with Crippen LogP contribution in [0.4, 0.5) is 5.69 Å². The van der Waals surface area contributed by atoms with Crippen LogP contribution in [0.15, 0.2) is 47.8 Å². The number of thiophene rings is 1. The largest absolute Gasteiger partial charge is 0.495 e. The number of amides is 1. The summed E-state index contributed by atoms with van der Waals surface area (Å²) < 4.78 is 11.1. The van der Waals surface area contributed by atoms with Crippen LogP contribution in [0.1, 0.15) is 26.4 Å². The van der Waals surface area contributed by atoms with Gasteiger partial charge < -0.3 is 14.8 Å². The van der Waals surface area contributed by atoms with E-state index >= 15 is 0 Å². The molecule has 0 aliphatic carbocycles. The van der Waals surface area contributed by atoms with E-state index in [-0.39, 0.29) is 5.91 Å². The number of halogens is 1. The minimum absolute atomic E-state index is 0.177. The van der Waals surface area contributed by atoms with E-state index in [0.29, 0.717) is 33.7 Å². The number of benzene rings is 2. The quantitative estimate of drug-likeness (QED) is 0.562. The molecule has 0 atom stereocenters. The Kier molecular flexibility index (Phi) is 6.04. The second kappa shape index (κ2) is 8.46. The molecule has 0 fully saturated rings. The Balaban J connectivity index is 1.67. The molecule has 6 heteroatoms. The Morgan fingerprint density at radius 3 is 2.59 bits per heavy atom. The predicted molar refractivity (Wildman–Crippen MR) is 111 cm³/mol. The lowest BCUT2D eigenvalue weighted by atomic mass is 10.2. The molecule has 0 radical (unpaired) electrons. The summed E-state index contributed by atoms with van der Waals surface area (Å²) in [6.45, 7) is 4.29. The Labute approximate surface area is 167 Å². The molecule has 1 amide bonds. The first kappa shape index (κ1) is 19.3. The van der Waals surface area contributed by atoms with Crippen LogP contribution in [0.3, 0.4) is 0 Å². The molecule has 0 spiro atoms. The number of carbonyl (C=O) groups excluding carboxylic acids is 1. The Bertz CT molecular complexity index is 968. The van der Waals surface area contributed by atoms with Crippen molar-refractivity contribution in [1.82, 2.24) is 0 Å². The van der Waals surface area contributed by atoms with Gasteiger partial charge in [-0.15, -0.1) is 11.3 Å². The average molecular weight is 402 g/mol. The maximum Gasteiger partial charge on any atom is 0.265 e. The smallest absolute Gasteiger partial charge is 0.265 e. The molecule has 0 bridgehead atoms. The Morgan fingerprint density at radius 1 is 1.07 bits per heavy atom. The molecule has 0 unspecified atom stereocenters. The van der Waals surface area contributed by atoms with Gasteiger partial charge in [0, 0.05) is 5.56 Å². The van der Waals surface area contributed by atoms with Crippen molar-refractivity contribution in [3.63, 3.8) is 0 Å². The highest BCUT2D eigenvalue weighted by Crippen LogP contribution is 2.28. The van der Waals surface area contributed by atoms with E-state index in [2.05, 4.69) is 5.32 Å². The second-order valence-electron chi connectivity index (χ2n) is 6.20. The number of aryl methyl sites for hydroxylation is 2. The number of carbonyl (C=O) groups is 1. The highest BCUT2D eigenvalue weighted by Gasteiger charge is 2.13. The molecule has 3 rings (SSSR count). The van der Waals surface area contributed by atoms with Crippen molar-refractivity contribution in [3.05, 3.63) is 74.4 Å². The monoisotopic (exact) mass is 401 g/mol. The molecule has 0 saturated carbocycles. The van der Waals surface area contributed by atoms with Crippen molar-refractivity contribution in [2.75, 3.05) is 12.4 Å². The molecule has 1 aromatic heterocycles. The number of ether oxygens (including phenoxy) is 2. The van der Waals surface area contributed by atoms with Gasteiger partial charge in [0.25, 0.3) is 5.91 Å². The number of anilines is 1. The van der Waals surface area contributed by atoms with Crippen molar-refractivity contribution in [3.8, 4) is 11.5 Å². The van der Waals surface area contributed by atoms with Gasteiger partial charge in [-0.05, 0) is 60.7 Å². The first-order valence-corrected chi connectivity index (χ1v) is 9.64. The molecule has 0 aliphatic heterocycles. The fraction of sp³-hybridized carbons (Fsp3) is 0.190. The fourth-order valence-corrected chi connectivity index (χ4v) is 3.52. The van der Waals surface area contributed by atoms with Gasteiger partial charge in [-0.2, -0.15) is 0 Å². The van der Waals surface area contributed by atoms with Crippen LogP contribution in [0.25, 0.3) is 0 Å². The van der Waals surface area contributed by atoms with Crippen molar-refractivity contribution in [2.45, 2.75) is 20.5 Å². The lowest BCUT2D eigenvalue weighted by Gasteiger charge is -2.10. The third kappa shape index (κ3) is 4.81. The van der Waals surface area contributed by atoms with E-state index in [4.69, 9.17) is 21.1 Å². The lowest BCUT2D eigenvalue weighted by molar-refractivity contribution is 0.103. The van der Waals surface area contributed by atoms with Gasteiger partial charge in [0.15, 0.2) is 0 Å². The zero-order chi connectivity index (χ0) is 19.4. The second-order valence-corrected chi connectivity index (χ2v) is 7.52. The minimum atomic E-state index is -0.177. The summed E-state index contributed by atoms with van der Waals surface area (Å²) in [5.74, 6) is 1.09. The summed E-state index contributed by atoms with van der Waals surface area (Å²) in [6, 6.07) is 13.1. The number of hydrogen-bond donors (Lipinski definition) is 1. The third-order valence-corrected chi connectivity index (χ3v) is 5.25. The minimum Gasteiger partial charge on any atom is -0.495 e. The van der Waals surface area contributed by atoms with Crippen molar-refractivity contribution < 1.29 is 14.3 Å². The number of nitrogens with one attached hydrogen (secondary N) is 1. The summed E-state index contributed by atoms with van der Waals surface area (Å²) >= 11 is 7.52. The highest BCUT2D eigenvalue weighted by molar-refractivity contribution is 7.12. The van der Waals surface area contributed by atoms with E-state index in [9.17, 15) is 4.79 Å². The summed E-state index contributed by atoms with van der Waals surface area (Å²) in [5.41, 5.74) is 3.69. The van der Waals surface area contributed by atoms with Crippen LogP contribution < -0.4 is 14.8 Å². The van der Waals surface area contributed by atoms with E-state index < -0.39 is 0 Å². The van der Waals surface area contributed by atoms with Crippen LogP contribution in [-0.2, 0) is 6.61 Å². The van der Waals surface area contributed by atoms with Crippen molar-refractivity contribution in [1.29, 1.82) is 0 Å². The van der Waals surface area contributed by atoms with E-state index in [1.807, 2.05) is 61.7 Å². The summed E-state index contributed by atoms with van der Waals surface area (Å²) in [7, 11) is 1.58. The van der Waals surface area contributed by atoms with Crippen molar-refractivity contribution >= 4 is 34.5 Å². The first-order valence-electron chi connectivity index (χ1n) is 8.38. The fourth-order valence-electron chi connectivity index (χ4n) is 2.56. The van der Waals surface area contributed by atoms with Crippen molar-refractivity contribution in [2.24, 2.45) is 0 Å². The third-order valence-electron chi connectivity index (χ3n) is 3.96. The number of hydrogen-bond acceptors (Lipinski definition) is 4. The molecular weight excluding hydrogens is 382 g/mol. The average Bonchev–Trinajstić information content (AvgIpc) is 3.12. The van der Waals surface area contributed by atoms with E-state index in [0.717, 1.165) is 16.7 Å². The van der Waals surface area contributed by atoms with Crippen LogP contribution >= 0.6 is 22.9 Å². The number of rotatable bonds is 6. The first-order chi connectivity index (χ1) is 13.0. The predicted octanol–water partition coefficient (Wildman–Crippen LogP) is 5.86. The van der Waals surface area contributed by atoms with Gasteiger partial charge >= 0.3 is 0 Å². The van der Waals surface area contributed by atoms with Gasteiger partial charge in [-0.3, -0.25) is 4.79 Å². The van der Waals surface area contributed by atoms with Gasteiger partial charge in [0.1, 0.15) is 18.1 Å². The molecule has 3 aromatic rings. The Morgan fingerprint density at radius 2 is 1.81 bits per heavy atom. The van der Waals surface area contributed by atoms with Gasteiger partial charge in [0.2, 0.25) is 0 Å². The molecule has 1 N–H and O–H groups in total. The normalized spacial score (nSPS) is 10.5. The molecule has 1 heterocycles. The Hall–Kier alpha value is -2.50. The standard InChI is InChI=1S/C21H20ClNO3S/c1-13-5-7-18(25-3)17(8-13)23-21(24)20-10-15(12-27-20)11-26-19-9-14(2)4-6-16(19)22/h4-10,12H,11H2,1-3H3,(H,23,24). The van der Waals surface area contributed by atoms with E-state index in [1.165, 1.54) is 11.3 Å². The van der Waals surface area contributed by atoms with Crippen LogP contribution in [0.5, 0.6) is 11.5 Å². The summed E-state index contributed by atoms with van der Waals surface area (Å²) in [5, 5.41) is 5.39. The SMILES string of the molecule is COc1ccc(C)cc1NC(=O)c1cc(COc2cc(C)ccc2Cl)cs1. The maximum atomic E-state index is 12.6. The van der Waals surface area contributed by atoms with Crippen LogP contribution in [0.2, 0.25) is 5.02 Å². The number of methoxy groups -OCH3 is 1. The van der Waals surface area contributed by atoms with Gasteiger partial charge in [0.05, 0.1) is 22.7 Å². The molecular formula is C21H20ClNO3S. The molecule has 27 heavy (non-hydrogen) atoms. The topological polar surface area (TPSA) is 47.6 Å². The zero-order valence-electron chi connectivity index (χ0n) is 15.3. The summed E-state index contributed by atoms with van der Waals surface area (Å²) in [6.07, 6.45) is 0. The molecule has 0 aliphatic rings. The van der Waals surface area contributed by atoms with Crippen LogP contribution in [-0.4, -0.2) is 13.0 Å². The van der Waals surface area contributed by atoms with Crippen LogP contribution in [0, 0.1) is 13.8 Å². The summed E-state index contributed by atoms with van der Waals surface area (Å²) in [4.78, 5) is 13.2. The maximum absolute atomic E-state index is 12.6. The molecule has 4 nitrogen and oxygen atoms in total. The van der Waals surface area contributed by atoms with E-state index in [1.54, 1.807) is 7.11 Å². The van der Waals surface area contributed by atoms with Gasteiger partial charge in [-0.1, -0.05) is 23.7 Å². The molecule has 140 valence electrons. The zero-order valence-corrected chi connectivity index (χ0v) is 16.9. The highest BCUT2D eigenvalue weighted by atomic mass is 35.5. The lowest BCUT2D eigenvalue weighted by Crippen LogP contribution is -2.11. The van der Waals surface area contributed by atoms with Gasteiger partial charge in [-0.25, -0.2) is 0 Å². The molecule has 2 aromatic carbocycles. The molecule has 0 saturated heterocycles.